The molecule has 4 amide bonds. The van der Waals surface area contributed by atoms with Crippen molar-refractivity contribution >= 4 is 74.9 Å². The molecule has 52 heavy (non-hydrogen) atoms. The maximum atomic E-state index is 15.4. The zero-order chi connectivity index (χ0) is 36.6. The van der Waals surface area contributed by atoms with Gasteiger partial charge in [0.2, 0.25) is 23.6 Å². The molecule has 262 valence electrons. The number of aromatic hydroxyl groups is 1. The van der Waals surface area contributed by atoms with Gasteiger partial charge in [-0.15, -0.1) is 0 Å². The average Bonchev–Trinajstić information content (AvgIpc) is 3.53. The lowest BCUT2D eigenvalue weighted by atomic mass is 9.49. The quantitative estimate of drug-likeness (QED) is 0.0724. The number of imide groups is 2. The Hall–Kier alpha value is -5.08. The third-order valence-electron chi connectivity index (χ3n) is 11.1. The van der Waals surface area contributed by atoms with Crippen LogP contribution in [0.2, 0.25) is 5.02 Å². The molecule has 13 heteroatoms. The van der Waals surface area contributed by atoms with Crippen molar-refractivity contribution in [2.45, 2.75) is 24.2 Å². The fraction of sp³-hybridized carbons (Fsp3) is 0.231. The summed E-state index contributed by atoms with van der Waals surface area (Å²) in [5.74, 6) is -5.72. The van der Waals surface area contributed by atoms with E-state index in [9.17, 15) is 29.6 Å². The third kappa shape index (κ3) is 4.83. The van der Waals surface area contributed by atoms with Gasteiger partial charge in [-0.2, -0.15) is 0 Å². The van der Waals surface area contributed by atoms with Crippen molar-refractivity contribution in [2.75, 3.05) is 16.9 Å². The monoisotopic (exact) mass is 829 g/mol. The van der Waals surface area contributed by atoms with Crippen molar-refractivity contribution in [1.29, 1.82) is 0 Å². The van der Waals surface area contributed by atoms with Crippen LogP contribution >= 0.6 is 34.2 Å². The van der Waals surface area contributed by atoms with Gasteiger partial charge in [0.25, 0.3) is 5.69 Å². The van der Waals surface area contributed by atoms with E-state index in [1.54, 1.807) is 36.4 Å². The first-order valence-electron chi connectivity index (χ1n) is 16.6. The van der Waals surface area contributed by atoms with Crippen LogP contribution in [-0.4, -0.2) is 40.8 Å². The van der Waals surface area contributed by atoms with Gasteiger partial charge in [0.05, 0.1) is 50.1 Å². The largest absolute Gasteiger partial charge is 0.504 e. The van der Waals surface area contributed by atoms with Crippen LogP contribution in [0.25, 0.3) is 0 Å². The van der Waals surface area contributed by atoms with Crippen molar-refractivity contribution in [3.63, 3.8) is 0 Å². The van der Waals surface area contributed by atoms with Crippen molar-refractivity contribution in [3.8, 4) is 11.5 Å². The molecular formula is C39H29ClIN3O8. The molecule has 1 saturated carbocycles. The van der Waals surface area contributed by atoms with Crippen molar-refractivity contribution < 1.29 is 33.9 Å². The number of nitro groups is 1. The number of non-ortho nitro benzene ring substituents is 1. The molecule has 0 spiro atoms. The lowest BCUT2D eigenvalue weighted by Gasteiger charge is -2.50. The first-order valence-corrected chi connectivity index (χ1v) is 18.0. The normalized spacial score (nSPS) is 26.5. The molecule has 0 bridgehead atoms. The number of phenolic OH excluding ortho intramolecular Hbond substituents is 1. The number of allylic oxidation sites excluding steroid dienone is 2. The van der Waals surface area contributed by atoms with E-state index in [1.165, 1.54) is 36.3 Å². The van der Waals surface area contributed by atoms with E-state index in [-0.39, 0.29) is 35.7 Å². The Labute approximate surface area is 316 Å². The SMILES string of the molecule is COc1cc([C@H]2C3=CC[C@@H]4C(=O)N(c5ccc([N+](=O)[O-])cc5)C(=O)[C@@H]4[C@@H]3C[C@H]3C(=O)N(c4cccc(Cl)c4)C(=O)[C@@]23c2ccccc2)cc(I)c1O. The van der Waals surface area contributed by atoms with E-state index in [0.717, 1.165) is 10.5 Å². The van der Waals surface area contributed by atoms with Crippen LogP contribution in [0.1, 0.15) is 29.9 Å². The number of carbonyl (C=O) groups excluding carboxylic acids is 4. The summed E-state index contributed by atoms with van der Waals surface area (Å²) in [5, 5.41) is 22.6. The Bertz CT molecular complexity index is 2250. The van der Waals surface area contributed by atoms with Gasteiger partial charge < -0.3 is 9.84 Å². The predicted octanol–water partition coefficient (Wildman–Crippen LogP) is 6.93. The maximum Gasteiger partial charge on any atom is 0.269 e. The number of nitrogens with zero attached hydrogens (tertiary/aromatic N) is 3. The fourth-order valence-corrected chi connectivity index (χ4v) is 9.82. The standard InChI is InChI=1S/C39H29ClIN3O8/c1-52-31-17-20(16-30(41)34(31)45)33-26-14-15-27-32(37(48)42(35(27)46)23-10-12-24(13-11-23)44(50)51)28(26)19-29-36(47)43(25-9-5-8-22(40)18-25)38(49)39(29,33)21-6-3-2-4-7-21/h2-14,16-18,27-29,32-33,45H,15,19H2,1H3/t27-,28+,29-,32-,33-,39+/m0/s1. The molecule has 4 aromatic carbocycles. The highest BCUT2D eigenvalue weighted by molar-refractivity contribution is 14.1. The van der Waals surface area contributed by atoms with Gasteiger partial charge in [0, 0.05) is 23.1 Å². The summed E-state index contributed by atoms with van der Waals surface area (Å²) >= 11 is 8.39. The van der Waals surface area contributed by atoms with Gasteiger partial charge in [0.1, 0.15) is 0 Å². The second-order valence-corrected chi connectivity index (χ2v) is 15.0. The molecule has 2 aliphatic heterocycles. The second kappa shape index (κ2) is 12.6. The average molecular weight is 830 g/mol. The highest BCUT2D eigenvalue weighted by Gasteiger charge is 2.70. The molecule has 8 rings (SSSR count). The molecule has 4 aliphatic rings. The molecule has 2 heterocycles. The van der Waals surface area contributed by atoms with Crippen LogP contribution in [0, 0.1) is 37.4 Å². The summed E-state index contributed by atoms with van der Waals surface area (Å²) in [6.45, 7) is 0. The Kier molecular flexibility index (Phi) is 8.21. The molecule has 0 radical (unpaired) electrons. The van der Waals surface area contributed by atoms with Crippen LogP contribution in [0.15, 0.2) is 103 Å². The Morgan fingerprint density at radius 2 is 1.62 bits per heavy atom. The molecule has 2 aliphatic carbocycles. The smallest absolute Gasteiger partial charge is 0.269 e. The number of nitro benzene ring substituents is 1. The highest BCUT2D eigenvalue weighted by atomic mass is 127. The van der Waals surface area contributed by atoms with E-state index in [1.807, 2.05) is 59.0 Å². The lowest BCUT2D eigenvalue weighted by Crippen LogP contribution is -2.53. The topological polar surface area (TPSA) is 147 Å². The van der Waals surface area contributed by atoms with E-state index >= 15 is 4.79 Å². The fourth-order valence-electron chi connectivity index (χ4n) is 9.01. The number of phenols is 1. The minimum atomic E-state index is -1.50. The van der Waals surface area contributed by atoms with Crippen molar-refractivity contribution in [2.24, 2.45) is 23.7 Å². The summed E-state index contributed by atoms with van der Waals surface area (Å²) in [6, 6.07) is 24.4. The van der Waals surface area contributed by atoms with Gasteiger partial charge in [0.15, 0.2) is 11.5 Å². The number of rotatable bonds is 6. The number of carbonyl (C=O) groups is 4. The van der Waals surface area contributed by atoms with Crippen LogP contribution in [0.3, 0.4) is 0 Å². The van der Waals surface area contributed by atoms with Crippen molar-refractivity contribution in [3.05, 3.63) is 132 Å². The summed E-state index contributed by atoms with van der Waals surface area (Å²) < 4.78 is 6.04. The number of anilines is 2. The van der Waals surface area contributed by atoms with Gasteiger partial charge in [-0.05, 0) is 94.9 Å². The van der Waals surface area contributed by atoms with E-state index in [0.29, 0.717) is 25.4 Å². The molecule has 3 fully saturated rings. The minimum absolute atomic E-state index is 0.0769. The number of ether oxygens (including phenoxy) is 1. The van der Waals surface area contributed by atoms with Crippen LogP contribution in [0.5, 0.6) is 11.5 Å². The summed E-state index contributed by atoms with van der Waals surface area (Å²) in [7, 11) is 1.43. The van der Waals surface area contributed by atoms with Gasteiger partial charge >= 0.3 is 0 Å². The van der Waals surface area contributed by atoms with E-state index in [2.05, 4.69) is 0 Å². The number of amides is 4. The Morgan fingerprint density at radius 1 is 0.885 bits per heavy atom. The first kappa shape index (κ1) is 34.0. The first-order chi connectivity index (χ1) is 25.0. The summed E-state index contributed by atoms with van der Waals surface area (Å²) in [5.41, 5.74) is 0.813. The van der Waals surface area contributed by atoms with E-state index in [4.69, 9.17) is 16.3 Å². The number of hydrogen-bond acceptors (Lipinski definition) is 8. The lowest BCUT2D eigenvalue weighted by molar-refractivity contribution is -0.384. The Morgan fingerprint density at radius 3 is 2.29 bits per heavy atom. The molecule has 1 N–H and O–H groups in total. The molecular weight excluding hydrogens is 801 g/mol. The number of benzene rings is 4. The second-order valence-electron chi connectivity index (χ2n) is 13.4. The minimum Gasteiger partial charge on any atom is -0.504 e. The molecule has 6 atom stereocenters. The predicted molar refractivity (Wildman–Crippen MR) is 199 cm³/mol. The molecule has 0 aromatic heterocycles. The molecule has 4 aromatic rings. The summed E-state index contributed by atoms with van der Waals surface area (Å²) in [6.07, 6.45) is 2.23. The maximum absolute atomic E-state index is 15.4. The third-order valence-corrected chi connectivity index (χ3v) is 12.1. The van der Waals surface area contributed by atoms with E-state index < -0.39 is 63.6 Å². The number of fused-ring (bicyclic) bond motifs is 4. The van der Waals surface area contributed by atoms with Crippen LogP contribution < -0.4 is 14.5 Å². The zero-order valence-electron chi connectivity index (χ0n) is 27.4. The molecule has 0 unspecified atom stereocenters. The van der Waals surface area contributed by atoms with Gasteiger partial charge in [-0.3, -0.25) is 34.2 Å². The van der Waals surface area contributed by atoms with Crippen LogP contribution in [0.4, 0.5) is 17.1 Å². The van der Waals surface area contributed by atoms with Crippen molar-refractivity contribution in [1.82, 2.24) is 0 Å². The van der Waals surface area contributed by atoms with Crippen LogP contribution in [-0.2, 0) is 24.6 Å². The highest BCUT2D eigenvalue weighted by Crippen LogP contribution is 2.65. The molecule has 2 saturated heterocycles. The number of hydrogen-bond donors (Lipinski definition) is 1. The molecule has 11 nitrogen and oxygen atoms in total. The number of halogens is 2. The number of methoxy groups -OCH3 is 1. The van der Waals surface area contributed by atoms with Gasteiger partial charge in [-0.1, -0.05) is 59.6 Å². The Balaban J connectivity index is 1.35. The summed E-state index contributed by atoms with van der Waals surface area (Å²) in [4.78, 5) is 71.8. The van der Waals surface area contributed by atoms with Gasteiger partial charge in [-0.25, -0.2) is 4.90 Å². The zero-order valence-corrected chi connectivity index (χ0v) is 30.4.